The monoisotopic (exact) mass is 332 g/mol. The molecule has 0 fully saturated rings. The number of tetrazole rings is 1. The zero-order chi connectivity index (χ0) is 16.2. The molecule has 2 heterocycles. The number of methoxy groups -OCH3 is 1. The maximum absolute atomic E-state index is 5.29. The standard InChI is InChI=1S/C14H16N6O2S/c1-9(2)20-14(16-18-19-20)23-8-12-15-13(17-22-12)10-5-4-6-11(7-10)21-3/h4-7,9H,8H2,1-3H3. The number of aromatic nitrogens is 6. The van der Waals surface area contributed by atoms with Gasteiger partial charge >= 0.3 is 0 Å². The maximum Gasteiger partial charge on any atom is 0.237 e. The lowest BCUT2D eigenvalue weighted by molar-refractivity contribution is 0.391. The molecule has 8 nitrogen and oxygen atoms in total. The van der Waals surface area contributed by atoms with Crippen LogP contribution in [0.2, 0.25) is 0 Å². The smallest absolute Gasteiger partial charge is 0.237 e. The summed E-state index contributed by atoms with van der Waals surface area (Å²) in [7, 11) is 1.62. The van der Waals surface area contributed by atoms with Crippen molar-refractivity contribution in [3.8, 4) is 17.1 Å². The van der Waals surface area contributed by atoms with Gasteiger partial charge in [-0.1, -0.05) is 29.1 Å². The summed E-state index contributed by atoms with van der Waals surface area (Å²) < 4.78 is 12.2. The summed E-state index contributed by atoms with van der Waals surface area (Å²) in [6, 6.07) is 7.72. The summed E-state index contributed by atoms with van der Waals surface area (Å²) in [6.45, 7) is 4.04. The van der Waals surface area contributed by atoms with Gasteiger partial charge in [0.15, 0.2) is 0 Å². The van der Waals surface area contributed by atoms with E-state index in [1.54, 1.807) is 11.8 Å². The van der Waals surface area contributed by atoms with Crippen molar-refractivity contribution in [1.29, 1.82) is 0 Å². The van der Waals surface area contributed by atoms with Gasteiger partial charge in [0.25, 0.3) is 0 Å². The summed E-state index contributed by atoms with van der Waals surface area (Å²) in [5.41, 5.74) is 0.844. The van der Waals surface area contributed by atoms with Crippen molar-refractivity contribution in [1.82, 2.24) is 30.3 Å². The molecule has 3 rings (SSSR count). The fraction of sp³-hybridized carbons (Fsp3) is 0.357. The van der Waals surface area contributed by atoms with E-state index in [0.29, 0.717) is 17.5 Å². The van der Waals surface area contributed by atoms with Gasteiger partial charge in [-0.2, -0.15) is 4.98 Å². The molecule has 0 spiro atoms. The molecule has 2 aromatic heterocycles. The van der Waals surface area contributed by atoms with Gasteiger partial charge < -0.3 is 9.26 Å². The van der Waals surface area contributed by atoms with E-state index in [4.69, 9.17) is 9.26 Å². The minimum Gasteiger partial charge on any atom is -0.497 e. The molecule has 0 aliphatic carbocycles. The van der Waals surface area contributed by atoms with Crippen molar-refractivity contribution in [2.45, 2.75) is 30.8 Å². The molecule has 0 saturated heterocycles. The lowest BCUT2D eigenvalue weighted by Gasteiger charge is -2.05. The average molecular weight is 332 g/mol. The van der Waals surface area contributed by atoms with Gasteiger partial charge in [0.2, 0.25) is 16.9 Å². The summed E-state index contributed by atoms with van der Waals surface area (Å²) in [5, 5.41) is 16.4. The lowest BCUT2D eigenvalue weighted by atomic mass is 10.2. The third-order valence-corrected chi connectivity index (χ3v) is 3.99. The van der Waals surface area contributed by atoms with Crippen LogP contribution in [0.15, 0.2) is 33.9 Å². The predicted octanol–water partition coefficient (Wildman–Crippen LogP) is 2.60. The average Bonchev–Trinajstić information content (AvgIpc) is 3.22. The highest BCUT2D eigenvalue weighted by molar-refractivity contribution is 7.98. The van der Waals surface area contributed by atoms with Crippen LogP contribution in [-0.4, -0.2) is 37.5 Å². The van der Waals surface area contributed by atoms with E-state index in [1.165, 1.54) is 11.8 Å². The first-order chi connectivity index (χ1) is 11.2. The normalized spacial score (nSPS) is 11.1. The molecule has 0 N–H and O–H groups in total. The Labute approximate surface area is 137 Å². The van der Waals surface area contributed by atoms with E-state index in [-0.39, 0.29) is 6.04 Å². The Morgan fingerprint density at radius 3 is 3.00 bits per heavy atom. The van der Waals surface area contributed by atoms with Crippen LogP contribution in [0.5, 0.6) is 5.75 Å². The van der Waals surface area contributed by atoms with Crippen LogP contribution in [0.25, 0.3) is 11.4 Å². The topological polar surface area (TPSA) is 91.8 Å². The molecular weight excluding hydrogens is 316 g/mol. The van der Waals surface area contributed by atoms with Crippen molar-refractivity contribution in [2.24, 2.45) is 0 Å². The van der Waals surface area contributed by atoms with E-state index in [1.807, 2.05) is 38.1 Å². The molecule has 0 unspecified atom stereocenters. The van der Waals surface area contributed by atoms with E-state index in [9.17, 15) is 0 Å². The first-order valence-corrected chi connectivity index (χ1v) is 8.03. The van der Waals surface area contributed by atoms with Crippen LogP contribution >= 0.6 is 11.8 Å². The number of benzene rings is 1. The highest BCUT2D eigenvalue weighted by Gasteiger charge is 2.14. The van der Waals surface area contributed by atoms with Crippen LogP contribution in [-0.2, 0) is 5.75 Å². The molecule has 1 aromatic carbocycles. The Morgan fingerprint density at radius 2 is 2.22 bits per heavy atom. The molecule has 3 aromatic rings. The molecule has 0 aliphatic heterocycles. The molecule has 9 heteroatoms. The number of hydrogen-bond acceptors (Lipinski definition) is 8. The van der Waals surface area contributed by atoms with Crippen molar-refractivity contribution in [3.05, 3.63) is 30.2 Å². The second kappa shape index (κ2) is 6.78. The first kappa shape index (κ1) is 15.5. The van der Waals surface area contributed by atoms with Crippen LogP contribution in [0, 0.1) is 0 Å². The van der Waals surface area contributed by atoms with Gasteiger partial charge in [0.1, 0.15) is 5.75 Å². The second-order valence-corrected chi connectivity index (χ2v) is 5.97. The van der Waals surface area contributed by atoms with Gasteiger partial charge in [0.05, 0.1) is 18.9 Å². The maximum atomic E-state index is 5.29. The summed E-state index contributed by atoms with van der Waals surface area (Å²) >= 11 is 1.46. The Kier molecular flexibility index (Phi) is 4.56. The van der Waals surface area contributed by atoms with Gasteiger partial charge in [-0.3, -0.25) is 0 Å². The molecule has 0 atom stereocenters. The molecule has 0 bridgehead atoms. The van der Waals surface area contributed by atoms with Crippen molar-refractivity contribution in [2.75, 3.05) is 7.11 Å². The van der Waals surface area contributed by atoms with Crippen LogP contribution in [0.1, 0.15) is 25.8 Å². The number of thioether (sulfide) groups is 1. The fourth-order valence-corrected chi connectivity index (χ4v) is 2.77. The summed E-state index contributed by atoms with van der Waals surface area (Å²) in [6.07, 6.45) is 0. The van der Waals surface area contributed by atoms with E-state index < -0.39 is 0 Å². The van der Waals surface area contributed by atoms with Crippen molar-refractivity contribution in [3.63, 3.8) is 0 Å². The molecule has 0 aliphatic rings. The summed E-state index contributed by atoms with van der Waals surface area (Å²) in [5.74, 6) is 2.30. The lowest BCUT2D eigenvalue weighted by Crippen LogP contribution is -2.04. The third-order valence-electron chi connectivity index (χ3n) is 3.07. The van der Waals surface area contributed by atoms with Crippen LogP contribution in [0.4, 0.5) is 0 Å². The molecule has 0 radical (unpaired) electrons. The zero-order valence-corrected chi connectivity index (χ0v) is 13.8. The van der Waals surface area contributed by atoms with Gasteiger partial charge in [-0.15, -0.1) is 5.10 Å². The quantitative estimate of drug-likeness (QED) is 0.636. The van der Waals surface area contributed by atoms with Gasteiger partial charge in [-0.05, 0) is 36.4 Å². The Bertz CT molecular complexity index is 785. The van der Waals surface area contributed by atoms with Gasteiger partial charge in [0, 0.05) is 5.56 Å². The highest BCUT2D eigenvalue weighted by atomic mass is 32.2. The predicted molar refractivity (Wildman–Crippen MR) is 84.0 cm³/mol. The Morgan fingerprint density at radius 1 is 1.35 bits per heavy atom. The molecule has 0 amide bonds. The minimum atomic E-state index is 0.197. The SMILES string of the molecule is COc1cccc(-c2noc(CSc3nnnn3C(C)C)n2)c1. The summed E-state index contributed by atoms with van der Waals surface area (Å²) in [4.78, 5) is 4.40. The number of nitrogens with zero attached hydrogens (tertiary/aromatic N) is 6. The molecular formula is C14H16N6O2S. The van der Waals surface area contributed by atoms with E-state index in [0.717, 1.165) is 16.5 Å². The number of ether oxygens (including phenoxy) is 1. The van der Waals surface area contributed by atoms with Crippen molar-refractivity contribution >= 4 is 11.8 Å². The number of rotatable bonds is 6. The van der Waals surface area contributed by atoms with Crippen LogP contribution < -0.4 is 4.74 Å². The minimum absolute atomic E-state index is 0.197. The van der Waals surface area contributed by atoms with Gasteiger partial charge in [-0.25, -0.2) is 4.68 Å². The zero-order valence-electron chi connectivity index (χ0n) is 13.0. The fourth-order valence-electron chi connectivity index (χ4n) is 1.92. The second-order valence-electron chi connectivity index (χ2n) is 5.03. The van der Waals surface area contributed by atoms with Crippen LogP contribution in [0.3, 0.4) is 0 Å². The van der Waals surface area contributed by atoms with E-state index >= 15 is 0 Å². The highest BCUT2D eigenvalue weighted by Crippen LogP contribution is 2.24. The number of hydrogen-bond donors (Lipinski definition) is 0. The van der Waals surface area contributed by atoms with E-state index in [2.05, 4.69) is 25.7 Å². The van der Waals surface area contributed by atoms with Crippen molar-refractivity contribution < 1.29 is 9.26 Å². The molecule has 0 saturated carbocycles. The Hall–Kier alpha value is -2.42. The molecule has 120 valence electrons. The molecule has 23 heavy (non-hydrogen) atoms. The first-order valence-electron chi connectivity index (χ1n) is 7.05. The largest absolute Gasteiger partial charge is 0.497 e. The Balaban J connectivity index is 1.71. The third kappa shape index (κ3) is 3.50.